The highest BCUT2D eigenvalue weighted by atomic mass is 79.9. The third kappa shape index (κ3) is 2.46. The van der Waals surface area contributed by atoms with Gasteiger partial charge in [-0.25, -0.2) is 4.98 Å². The van der Waals surface area contributed by atoms with Crippen LogP contribution in [0.15, 0.2) is 22.1 Å². The molecule has 0 aliphatic heterocycles. The van der Waals surface area contributed by atoms with E-state index in [9.17, 15) is 0 Å². The van der Waals surface area contributed by atoms with E-state index < -0.39 is 0 Å². The lowest BCUT2D eigenvalue weighted by atomic mass is 9.93. The molecule has 3 nitrogen and oxygen atoms in total. The van der Waals surface area contributed by atoms with Crippen LogP contribution >= 0.6 is 27.3 Å². The monoisotopic (exact) mass is 313 g/mol. The second-order valence-electron chi connectivity index (χ2n) is 4.14. The first kappa shape index (κ1) is 12.8. The summed E-state index contributed by atoms with van der Waals surface area (Å²) in [6.07, 6.45) is 3.62. The van der Waals surface area contributed by atoms with Crippen LogP contribution in [0.5, 0.6) is 0 Å². The highest BCUT2D eigenvalue weighted by molar-refractivity contribution is 9.10. The van der Waals surface area contributed by atoms with Crippen molar-refractivity contribution in [2.24, 2.45) is 5.73 Å². The van der Waals surface area contributed by atoms with E-state index in [0.717, 1.165) is 28.8 Å². The summed E-state index contributed by atoms with van der Waals surface area (Å²) in [4.78, 5) is 8.94. The van der Waals surface area contributed by atoms with Gasteiger partial charge in [-0.3, -0.25) is 0 Å². The minimum Gasteiger partial charge on any atom is -0.340 e. The molecule has 2 aromatic rings. The Bertz CT molecular complexity index is 499. The number of nitrogens with one attached hydrogen (secondary N) is 1. The summed E-state index contributed by atoms with van der Waals surface area (Å²) in [5.41, 5.74) is 7.01. The van der Waals surface area contributed by atoms with Crippen molar-refractivity contribution in [1.82, 2.24) is 9.97 Å². The zero-order valence-electron chi connectivity index (χ0n) is 9.96. The van der Waals surface area contributed by atoms with Crippen LogP contribution in [0, 0.1) is 0 Å². The fraction of sp³-hybridized carbons (Fsp3) is 0.417. The molecule has 0 amide bonds. The van der Waals surface area contributed by atoms with Crippen LogP contribution in [-0.4, -0.2) is 9.97 Å². The number of H-pyrrole nitrogens is 1. The molecule has 0 radical (unpaired) electrons. The number of thiophene rings is 1. The summed E-state index contributed by atoms with van der Waals surface area (Å²) >= 11 is 5.14. The van der Waals surface area contributed by atoms with Crippen molar-refractivity contribution >= 4 is 27.3 Å². The van der Waals surface area contributed by atoms with E-state index >= 15 is 0 Å². The maximum Gasteiger partial charge on any atom is 0.126 e. The van der Waals surface area contributed by atoms with E-state index in [1.165, 1.54) is 4.88 Å². The molecule has 0 atom stereocenters. The molecule has 0 spiro atoms. The number of hydrogen-bond donors (Lipinski definition) is 2. The summed E-state index contributed by atoms with van der Waals surface area (Å²) in [7, 11) is 0. The molecule has 0 fully saturated rings. The Hall–Kier alpha value is -0.650. The summed E-state index contributed by atoms with van der Waals surface area (Å²) in [5.74, 6) is 0.877. The van der Waals surface area contributed by atoms with Crippen molar-refractivity contribution in [3.8, 4) is 10.6 Å². The van der Waals surface area contributed by atoms with Crippen LogP contribution in [0.2, 0.25) is 0 Å². The lowest BCUT2D eigenvalue weighted by Crippen LogP contribution is -2.36. The Morgan fingerprint density at radius 2 is 2.18 bits per heavy atom. The van der Waals surface area contributed by atoms with Gasteiger partial charge in [0.15, 0.2) is 0 Å². The topological polar surface area (TPSA) is 54.7 Å². The summed E-state index contributed by atoms with van der Waals surface area (Å²) < 4.78 is 1.10. The van der Waals surface area contributed by atoms with Crippen molar-refractivity contribution in [3.63, 3.8) is 0 Å². The molecule has 0 aliphatic rings. The number of aromatic amines is 1. The van der Waals surface area contributed by atoms with E-state index in [1.54, 1.807) is 11.3 Å². The molecule has 2 rings (SSSR count). The lowest BCUT2D eigenvalue weighted by Gasteiger charge is -2.23. The fourth-order valence-corrected chi connectivity index (χ4v) is 3.13. The minimum absolute atomic E-state index is 0.341. The van der Waals surface area contributed by atoms with Crippen LogP contribution in [0.1, 0.15) is 32.5 Å². The van der Waals surface area contributed by atoms with Gasteiger partial charge in [-0.1, -0.05) is 13.8 Å². The summed E-state index contributed by atoms with van der Waals surface area (Å²) in [5, 5.41) is 2.06. The van der Waals surface area contributed by atoms with Crippen molar-refractivity contribution in [1.29, 1.82) is 0 Å². The average molecular weight is 314 g/mol. The molecule has 3 N–H and O–H groups in total. The number of halogens is 1. The van der Waals surface area contributed by atoms with Gasteiger partial charge in [-0.05, 0) is 34.8 Å². The van der Waals surface area contributed by atoms with Crippen molar-refractivity contribution in [2.45, 2.75) is 32.2 Å². The normalized spacial score (nSPS) is 12.0. The van der Waals surface area contributed by atoms with E-state index in [0.29, 0.717) is 0 Å². The lowest BCUT2D eigenvalue weighted by molar-refractivity contribution is 0.391. The highest BCUT2D eigenvalue weighted by Gasteiger charge is 2.26. The first-order chi connectivity index (χ1) is 8.09. The predicted molar refractivity (Wildman–Crippen MR) is 76.0 cm³/mol. The number of nitrogens with two attached hydrogens (primary N) is 1. The van der Waals surface area contributed by atoms with E-state index in [2.05, 4.69) is 51.2 Å². The second kappa shape index (κ2) is 4.92. The SMILES string of the molecule is CCC(N)(CC)c1ncc(-c2cc(Br)cs2)[nH]1. The van der Waals surface area contributed by atoms with Gasteiger partial charge < -0.3 is 10.7 Å². The number of aromatic nitrogens is 2. The molecule has 2 heterocycles. The van der Waals surface area contributed by atoms with Crippen LogP contribution < -0.4 is 5.73 Å². The standard InChI is InChI=1S/C12H16BrN3S/c1-3-12(14,4-2)11-15-6-9(16-11)10-5-8(13)7-17-10/h5-7H,3-4,14H2,1-2H3,(H,15,16). The largest absolute Gasteiger partial charge is 0.340 e. The smallest absolute Gasteiger partial charge is 0.126 e. The first-order valence-electron chi connectivity index (χ1n) is 5.68. The molecule has 0 saturated heterocycles. The predicted octanol–water partition coefficient (Wildman–Crippen LogP) is 3.87. The van der Waals surface area contributed by atoms with Crippen molar-refractivity contribution in [3.05, 3.63) is 27.9 Å². The molecule has 0 aromatic carbocycles. The van der Waals surface area contributed by atoms with Crippen LogP contribution in [0.3, 0.4) is 0 Å². The molecule has 2 aromatic heterocycles. The fourth-order valence-electron chi connectivity index (χ4n) is 1.74. The molecule has 0 aliphatic carbocycles. The second-order valence-corrected chi connectivity index (χ2v) is 5.96. The Morgan fingerprint density at radius 1 is 1.47 bits per heavy atom. The molecule has 0 unspecified atom stereocenters. The number of nitrogens with zero attached hydrogens (tertiary/aromatic N) is 1. The average Bonchev–Trinajstić information content (AvgIpc) is 2.96. The molecular weight excluding hydrogens is 298 g/mol. The van der Waals surface area contributed by atoms with E-state index in [1.807, 2.05) is 6.20 Å². The zero-order valence-corrected chi connectivity index (χ0v) is 12.4. The zero-order chi connectivity index (χ0) is 12.5. The van der Waals surface area contributed by atoms with Crippen LogP contribution in [-0.2, 0) is 5.54 Å². The third-order valence-corrected chi connectivity index (χ3v) is 4.87. The van der Waals surface area contributed by atoms with Crippen LogP contribution in [0.4, 0.5) is 0 Å². The first-order valence-corrected chi connectivity index (χ1v) is 7.35. The molecule has 92 valence electrons. The molecule has 0 saturated carbocycles. The number of hydrogen-bond acceptors (Lipinski definition) is 3. The van der Waals surface area contributed by atoms with Crippen LogP contribution in [0.25, 0.3) is 10.6 Å². The molecule has 17 heavy (non-hydrogen) atoms. The van der Waals surface area contributed by atoms with Gasteiger partial charge in [-0.15, -0.1) is 11.3 Å². The number of imidazole rings is 1. The van der Waals surface area contributed by atoms with Crippen molar-refractivity contribution in [2.75, 3.05) is 0 Å². The van der Waals surface area contributed by atoms with E-state index in [-0.39, 0.29) is 5.54 Å². The van der Waals surface area contributed by atoms with Gasteiger partial charge in [0.25, 0.3) is 0 Å². The molecule has 5 heteroatoms. The van der Waals surface area contributed by atoms with Crippen molar-refractivity contribution < 1.29 is 0 Å². The summed E-state index contributed by atoms with van der Waals surface area (Å²) in [6, 6.07) is 2.08. The third-order valence-electron chi connectivity index (χ3n) is 3.14. The van der Waals surface area contributed by atoms with Gasteiger partial charge >= 0.3 is 0 Å². The summed E-state index contributed by atoms with van der Waals surface area (Å²) in [6.45, 7) is 4.18. The van der Waals surface area contributed by atoms with Gasteiger partial charge in [0, 0.05) is 9.85 Å². The Kier molecular flexibility index (Phi) is 3.70. The maximum atomic E-state index is 6.31. The number of rotatable bonds is 4. The molecule has 0 bridgehead atoms. The van der Waals surface area contributed by atoms with Gasteiger partial charge in [-0.2, -0.15) is 0 Å². The minimum atomic E-state index is -0.341. The van der Waals surface area contributed by atoms with Gasteiger partial charge in [0.2, 0.25) is 0 Å². The Labute approximate surface area is 114 Å². The molecular formula is C12H16BrN3S. The Morgan fingerprint density at radius 3 is 2.71 bits per heavy atom. The quantitative estimate of drug-likeness (QED) is 0.900. The highest BCUT2D eigenvalue weighted by Crippen LogP contribution is 2.31. The van der Waals surface area contributed by atoms with Gasteiger partial charge in [0.05, 0.1) is 22.3 Å². The maximum absolute atomic E-state index is 6.31. The van der Waals surface area contributed by atoms with E-state index in [4.69, 9.17) is 5.73 Å². The Balaban J connectivity index is 2.33. The van der Waals surface area contributed by atoms with Gasteiger partial charge in [0.1, 0.15) is 5.82 Å².